The van der Waals surface area contributed by atoms with E-state index in [0.29, 0.717) is 12.6 Å². The molecular formula is C16H23FN2O2. The number of carbonyl (C=O) groups excluding carboxylic acids is 1. The summed E-state index contributed by atoms with van der Waals surface area (Å²) in [6.45, 7) is 6.26. The summed E-state index contributed by atoms with van der Waals surface area (Å²) in [6.07, 6.45) is 1.42. The number of halogens is 1. The molecule has 1 aromatic carbocycles. The normalized spacial score (nSPS) is 21.5. The van der Waals surface area contributed by atoms with Gasteiger partial charge in [0.15, 0.2) is 0 Å². The van der Waals surface area contributed by atoms with E-state index in [1.54, 1.807) is 12.1 Å². The van der Waals surface area contributed by atoms with Crippen molar-refractivity contribution in [1.82, 2.24) is 10.6 Å². The summed E-state index contributed by atoms with van der Waals surface area (Å²) < 4.78 is 18.0. The first-order chi connectivity index (χ1) is 9.82. The molecule has 1 fully saturated rings. The van der Waals surface area contributed by atoms with Gasteiger partial charge in [-0.1, -0.05) is 12.1 Å². The predicted octanol–water partition coefficient (Wildman–Crippen LogP) is 2.97. The number of carbonyl (C=O) groups is 1. The van der Waals surface area contributed by atoms with Gasteiger partial charge >= 0.3 is 6.09 Å². The lowest BCUT2D eigenvalue weighted by molar-refractivity contribution is 0.0465. The van der Waals surface area contributed by atoms with Gasteiger partial charge in [-0.25, -0.2) is 9.18 Å². The van der Waals surface area contributed by atoms with Gasteiger partial charge in [-0.05, 0) is 51.3 Å². The molecule has 2 N–H and O–H groups in total. The molecule has 1 aliphatic carbocycles. The molecule has 1 aromatic rings. The Bertz CT molecular complexity index is 476. The monoisotopic (exact) mass is 294 g/mol. The van der Waals surface area contributed by atoms with E-state index in [-0.39, 0.29) is 18.0 Å². The van der Waals surface area contributed by atoms with Gasteiger partial charge in [0.05, 0.1) is 0 Å². The molecule has 0 bridgehead atoms. The summed E-state index contributed by atoms with van der Waals surface area (Å²) in [5.41, 5.74) is 0.591. The van der Waals surface area contributed by atoms with E-state index < -0.39 is 5.60 Å². The minimum Gasteiger partial charge on any atom is -0.444 e. The zero-order chi connectivity index (χ0) is 15.5. The third-order valence-electron chi connectivity index (χ3n) is 3.37. The molecule has 2 rings (SSSR count). The number of ether oxygens (including phenoxy) is 1. The minimum absolute atomic E-state index is 0.172. The average Bonchev–Trinajstić information content (AvgIpc) is 2.31. The van der Waals surface area contributed by atoms with Crippen molar-refractivity contribution >= 4 is 6.09 Å². The molecule has 116 valence electrons. The lowest BCUT2D eigenvalue weighted by Crippen LogP contribution is -2.52. The molecule has 0 saturated heterocycles. The van der Waals surface area contributed by atoms with E-state index in [1.807, 2.05) is 20.8 Å². The highest BCUT2D eigenvalue weighted by Crippen LogP contribution is 2.21. The lowest BCUT2D eigenvalue weighted by Gasteiger charge is -2.36. The van der Waals surface area contributed by atoms with Crippen LogP contribution in [0.2, 0.25) is 0 Å². The van der Waals surface area contributed by atoms with Gasteiger partial charge in [0, 0.05) is 18.6 Å². The van der Waals surface area contributed by atoms with Crippen molar-refractivity contribution in [3.63, 3.8) is 0 Å². The van der Waals surface area contributed by atoms with Crippen LogP contribution in [0.4, 0.5) is 9.18 Å². The molecule has 0 radical (unpaired) electrons. The average molecular weight is 294 g/mol. The Kier molecular flexibility index (Phi) is 4.83. The fraction of sp³-hybridized carbons (Fsp3) is 0.562. The molecule has 0 unspecified atom stereocenters. The molecule has 21 heavy (non-hydrogen) atoms. The molecule has 0 aliphatic heterocycles. The third kappa shape index (κ3) is 5.34. The molecule has 1 amide bonds. The van der Waals surface area contributed by atoms with Crippen LogP contribution in [0.15, 0.2) is 24.3 Å². The van der Waals surface area contributed by atoms with Crippen LogP contribution >= 0.6 is 0 Å². The number of alkyl carbamates (subject to hydrolysis) is 1. The van der Waals surface area contributed by atoms with Gasteiger partial charge in [0.25, 0.3) is 0 Å². The van der Waals surface area contributed by atoms with Crippen LogP contribution in [0.3, 0.4) is 0 Å². The Morgan fingerprint density at radius 3 is 2.43 bits per heavy atom. The maximum atomic E-state index is 12.8. The van der Waals surface area contributed by atoms with Crippen molar-refractivity contribution in [3.05, 3.63) is 35.6 Å². The van der Waals surface area contributed by atoms with Crippen molar-refractivity contribution < 1.29 is 13.9 Å². The van der Waals surface area contributed by atoms with E-state index in [0.717, 1.165) is 18.4 Å². The number of benzene rings is 1. The van der Waals surface area contributed by atoms with Gasteiger partial charge in [-0.2, -0.15) is 0 Å². The Morgan fingerprint density at radius 2 is 1.86 bits per heavy atom. The molecule has 1 aliphatic rings. The van der Waals surface area contributed by atoms with Crippen LogP contribution in [0.25, 0.3) is 0 Å². The lowest BCUT2D eigenvalue weighted by atomic mass is 9.87. The van der Waals surface area contributed by atoms with Gasteiger partial charge in [-0.15, -0.1) is 0 Å². The van der Waals surface area contributed by atoms with E-state index in [2.05, 4.69) is 10.6 Å². The van der Waals surface area contributed by atoms with Crippen LogP contribution in [-0.2, 0) is 11.3 Å². The van der Waals surface area contributed by atoms with Crippen molar-refractivity contribution in [2.45, 2.75) is 57.8 Å². The molecule has 0 heterocycles. The Labute approximate surface area is 125 Å². The standard InChI is InChI=1S/C16H23FN2O2/c1-16(2,3)21-15(20)19-14-8-13(9-14)18-10-11-4-6-12(17)7-5-11/h4-7,13-14,18H,8-10H2,1-3H3,(H,19,20). The van der Waals surface area contributed by atoms with Gasteiger partial charge < -0.3 is 15.4 Å². The SMILES string of the molecule is CC(C)(C)OC(=O)NC1CC(NCc2ccc(F)cc2)C1. The highest BCUT2D eigenvalue weighted by molar-refractivity contribution is 5.68. The second kappa shape index (κ2) is 6.43. The fourth-order valence-electron chi connectivity index (χ4n) is 2.24. The van der Waals surface area contributed by atoms with Crippen LogP contribution in [0.5, 0.6) is 0 Å². The predicted molar refractivity (Wildman–Crippen MR) is 79.4 cm³/mol. The van der Waals surface area contributed by atoms with E-state index in [4.69, 9.17) is 4.74 Å². The Morgan fingerprint density at radius 1 is 1.24 bits per heavy atom. The van der Waals surface area contributed by atoms with Crippen LogP contribution in [0.1, 0.15) is 39.2 Å². The molecule has 4 nitrogen and oxygen atoms in total. The molecule has 0 spiro atoms. The number of amides is 1. The third-order valence-corrected chi connectivity index (χ3v) is 3.37. The second-order valence-electron chi connectivity index (χ2n) is 6.52. The van der Waals surface area contributed by atoms with E-state index in [9.17, 15) is 9.18 Å². The fourth-order valence-corrected chi connectivity index (χ4v) is 2.24. The summed E-state index contributed by atoms with van der Waals surface area (Å²) in [4.78, 5) is 11.6. The van der Waals surface area contributed by atoms with Crippen molar-refractivity contribution in [1.29, 1.82) is 0 Å². The summed E-state index contributed by atoms with van der Waals surface area (Å²) in [5, 5.41) is 6.25. The highest BCUT2D eigenvalue weighted by Gasteiger charge is 2.31. The summed E-state index contributed by atoms with van der Waals surface area (Å²) in [5.74, 6) is -0.219. The molecule has 1 saturated carbocycles. The number of hydrogen-bond donors (Lipinski definition) is 2. The summed E-state index contributed by atoms with van der Waals surface area (Å²) >= 11 is 0. The van der Waals surface area contributed by atoms with Crippen molar-refractivity contribution in [3.8, 4) is 0 Å². The van der Waals surface area contributed by atoms with Crippen LogP contribution < -0.4 is 10.6 Å². The zero-order valence-electron chi connectivity index (χ0n) is 12.8. The van der Waals surface area contributed by atoms with Crippen LogP contribution in [0, 0.1) is 5.82 Å². The number of rotatable bonds is 4. The quantitative estimate of drug-likeness (QED) is 0.897. The van der Waals surface area contributed by atoms with Gasteiger partial charge in [0.1, 0.15) is 11.4 Å². The zero-order valence-corrected chi connectivity index (χ0v) is 12.8. The first-order valence-corrected chi connectivity index (χ1v) is 7.29. The first-order valence-electron chi connectivity index (χ1n) is 7.29. The first kappa shape index (κ1) is 15.8. The largest absolute Gasteiger partial charge is 0.444 e. The molecule has 5 heteroatoms. The maximum absolute atomic E-state index is 12.8. The number of nitrogens with one attached hydrogen (secondary N) is 2. The molecule has 0 aromatic heterocycles. The Hall–Kier alpha value is -1.62. The van der Waals surface area contributed by atoms with Crippen molar-refractivity contribution in [2.75, 3.05) is 0 Å². The highest BCUT2D eigenvalue weighted by atomic mass is 19.1. The molecular weight excluding hydrogens is 271 g/mol. The Balaban J connectivity index is 1.63. The smallest absolute Gasteiger partial charge is 0.407 e. The van der Waals surface area contributed by atoms with E-state index >= 15 is 0 Å². The van der Waals surface area contributed by atoms with Crippen LogP contribution in [-0.4, -0.2) is 23.8 Å². The van der Waals surface area contributed by atoms with Gasteiger partial charge in [-0.3, -0.25) is 0 Å². The summed E-state index contributed by atoms with van der Waals surface area (Å²) in [6, 6.07) is 7.03. The van der Waals surface area contributed by atoms with Gasteiger partial charge in [0.2, 0.25) is 0 Å². The molecule has 0 atom stereocenters. The summed E-state index contributed by atoms with van der Waals surface area (Å²) in [7, 11) is 0. The number of hydrogen-bond acceptors (Lipinski definition) is 3. The van der Waals surface area contributed by atoms with E-state index in [1.165, 1.54) is 12.1 Å². The maximum Gasteiger partial charge on any atom is 0.407 e. The topological polar surface area (TPSA) is 50.4 Å². The van der Waals surface area contributed by atoms with Crippen molar-refractivity contribution in [2.24, 2.45) is 0 Å². The second-order valence-corrected chi connectivity index (χ2v) is 6.52. The minimum atomic E-state index is -0.464.